The van der Waals surface area contributed by atoms with E-state index in [2.05, 4.69) is 4.99 Å². The Balaban J connectivity index is 2.86. The Hall–Kier alpha value is -2.04. The Morgan fingerprint density at radius 1 is 1.40 bits per heavy atom. The second-order valence-electron chi connectivity index (χ2n) is 2.94. The fraction of sp³-hybridized carbons (Fsp3) is 0.200. The van der Waals surface area contributed by atoms with Crippen molar-refractivity contribution in [3.63, 3.8) is 0 Å². The molecule has 0 saturated carbocycles. The maximum Gasteiger partial charge on any atom is 0.308 e. The predicted molar refractivity (Wildman–Crippen MR) is 57.3 cm³/mol. The first-order chi connectivity index (χ1) is 7.09. The monoisotopic (exact) mass is 207 g/mol. The number of ether oxygens (including phenoxy) is 1. The van der Waals surface area contributed by atoms with Gasteiger partial charge in [0.25, 0.3) is 0 Å². The first kappa shape index (κ1) is 11.0. The normalized spacial score (nSPS) is 9.40. The van der Waals surface area contributed by atoms with E-state index in [9.17, 15) is 4.79 Å². The van der Waals surface area contributed by atoms with Crippen LogP contribution in [0.1, 0.15) is 12.5 Å². The molecule has 0 fully saturated rings. The van der Waals surface area contributed by atoms with Gasteiger partial charge in [0.15, 0.2) is 5.96 Å². The van der Waals surface area contributed by atoms with E-state index in [1.807, 2.05) is 6.07 Å². The zero-order valence-electron chi connectivity index (χ0n) is 8.43. The summed E-state index contributed by atoms with van der Waals surface area (Å²) in [5, 5.41) is 0. The molecule has 0 bridgehead atoms. The lowest BCUT2D eigenvalue weighted by atomic mass is 10.2. The van der Waals surface area contributed by atoms with Crippen molar-refractivity contribution in [3.8, 4) is 5.75 Å². The number of carbonyl (C=O) groups is 1. The Labute approximate surface area is 87.7 Å². The van der Waals surface area contributed by atoms with Crippen LogP contribution in [-0.4, -0.2) is 11.9 Å². The predicted octanol–water partition coefficient (Wildman–Crippen LogP) is 0.385. The minimum Gasteiger partial charge on any atom is -0.426 e. The lowest BCUT2D eigenvalue weighted by Crippen LogP contribution is -2.22. The average molecular weight is 207 g/mol. The van der Waals surface area contributed by atoms with E-state index in [1.165, 1.54) is 6.92 Å². The number of hydrogen-bond acceptors (Lipinski definition) is 3. The van der Waals surface area contributed by atoms with Gasteiger partial charge in [-0.15, -0.1) is 0 Å². The van der Waals surface area contributed by atoms with Gasteiger partial charge in [0.05, 0.1) is 6.54 Å². The number of carbonyl (C=O) groups excluding carboxylic acids is 1. The molecule has 1 aromatic carbocycles. The van der Waals surface area contributed by atoms with Crippen LogP contribution in [-0.2, 0) is 11.3 Å². The molecule has 0 saturated heterocycles. The second kappa shape index (κ2) is 4.99. The summed E-state index contributed by atoms with van der Waals surface area (Å²) in [6, 6.07) is 7.09. The van der Waals surface area contributed by atoms with E-state index >= 15 is 0 Å². The molecular formula is C10H13N3O2. The topological polar surface area (TPSA) is 90.7 Å². The van der Waals surface area contributed by atoms with Gasteiger partial charge >= 0.3 is 5.97 Å². The standard InChI is InChI=1S/C10H13N3O2/c1-7(14)15-9-5-3-2-4-8(9)6-13-10(11)12/h2-5H,6H2,1H3,(H4,11,12,13). The molecule has 4 N–H and O–H groups in total. The molecule has 0 aliphatic heterocycles. The van der Waals surface area contributed by atoms with Crippen LogP contribution in [0.4, 0.5) is 0 Å². The molecule has 0 aliphatic rings. The van der Waals surface area contributed by atoms with Gasteiger partial charge in [0.2, 0.25) is 0 Å². The molecule has 0 aromatic heterocycles. The van der Waals surface area contributed by atoms with Crippen LogP contribution in [0.25, 0.3) is 0 Å². The van der Waals surface area contributed by atoms with E-state index in [4.69, 9.17) is 16.2 Å². The van der Waals surface area contributed by atoms with Crippen molar-refractivity contribution in [3.05, 3.63) is 29.8 Å². The highest BCUT2D eigenvalue weighted by molar-refractivity contribution is 5.75. The van der Waals surface area contributed by atoms with Crippen LogP contribution in [0.2, 0.25) is 0 Å². The van der Waals surface area contributed by atoms with Gasteiger partial charge in [0, 0.05) is 12.5 Å². The van der Waals surface area contributed by atoms with Gasteiger partial charge < -0.3 is 16.2 Å². The highest BCUT2D eigenvalue weighted by atomic mass is 16.5. The van der Waals surface area contributed by atoms with Crippen molar-refractivity contribution < 1.29 is 9.53 Å². The van der Waals surface area contributed by atoms with Crippen LogP contribution in [0.5, 0.6) is 5.75 Å². The first-order valence-corrected chi connectivity index (χ1v) is 4.41. The number of esters is 1. The molecule has 0 heterocycles. The maximum absolute atomic E-state index is 10.8. The zero-order valence-corrected chi connectivity index (χ0v) is 8.43. The molecule has 0 aliphatic carbocycles. The number of guanidine groups is 1. The second-order valence-corrected chi connectivity index (χ2v) is 2.94. The number of hydrogen-bond donors (Lipinski definition) is 2. The molecule has 0 spiro atoms. The van der Waals surface area contributed by atoms with Crippen LogP contribution in [0.3, 0.4) is 0 Å². The fourth-order valence-electron chi connectivity index (χ4n) is 1.07. The fourth-order valence-corrected chi connectivity index (χ4v) is 1.07. The average Bonchev–Trinajstić information content (AvgIpc) is 2.15. The van der Waals surface area contributed by atoms with Gasteiger partial charge in [-0.05, 0) is 6.07 Å². The van der Waals surface area contributed by atoms with E-state index in [0.29, 0.717) is 12.3 Å². The summed E-state index contributed by atoms with van der Waals surface area (Å²) in [7, 11) is 0. The van der Waals surface area contributed by atoms with E-state index in [-0.39, 0.29) is 11.9 Å². The summed E-state index contributed by atoms with van der Waals surface area (Å²) < 4.78 is 4.99. The summed E-state index contributed by atoms with van der Waals surface area (Å²) in [5.74, 6) is 0.120. The lowest BCUT2D eigenvalue weighted by Gasteiger charge is -2.06. The van der Waals surface area contributed by atoms with Gasteiger partial charge in [-0.2, -0.15) is 0 Å². The molecule has 1 rings (SSSR count). The number of benzene rings is 1. The number of nitrogens with two attached hydrogens (primary N) is 2. The summed E-state index contributed by atoms with van der Waals surface area (Å²) in [4.78, 5) is 14.6. The summed E-state index contributed by atoms with van der Waals surface area (Å²) in [5.41, 5.74) is 11.2. The highest BCUT2D eigenvalue weighted by Crippen LogP contribution is 2.18. The summed E-state index contributed by atoms with van der Waals surface area (Å²) >= 11 is 0. The van der Waals surface area contributed by atoms with Gasteiger partial charge in [-0.1, -0.05) is 18.2 Å². The zero-order chi connectivity index (χ0) is 11.3. The molecule has 5 nitrogen and oxygen atoms in total. The number of para-hydroxylation sites is 1. The lowest BCUT2D eigenvalue weighted by molar-refractivity contribution is -0.131. The van der Waals surface area contributed by atoms with Gasteiger partial charge in [-0.25, -0.2) is 4.99 Å². The minimum atomic E-state index is -0.368. The Morgan fingerprint density at radius 2 is 2.07 bits per heavy atom. The third-order valence-corrected chi connectivity index (χ3v) is 1.66. The van der Waals surface area contributed by atoms with E-state index < -0.39 is 0 Å². The SMILES string of the molecule is CC(=O)Oc1ccccc1CN=C(N)N. The maximum atomic E-state index is 10.8. The third-order valence-electron chi connectivity index (χ3n) is 1.66. The molecule has 80 valence electrons. The van der Waals surface area contributed by atoms with E-state index in [1.54, 1.807) is 18.2 Å². The molecule has 0 atom stereocenters. The smallest absolute Gasteiger partial charge is 0.308 e. The van der Waals surface area contributed by atoms with Crippen molar-refractivity contribution >= 4 is 11.9 Å². The quantitative estimate of drug-likeness (QED) is 0.324. The summed E-state index contributed by atoms with van der Waals surface area (Å²) in [6.45, 7) is 1.64. The Kier molecular flexibility index (Phi) is 3.68. The van der Waals surface area contributed by atoms with Crippen molar-refractivity contribution in [1.82, 2.24) is 0 Å². The van der Waals surface area contributed by atoms with Crippen LogP contribution < -0.4 is 16.2 Å². The highest BCUT2D eigenvalue weighted by Gasteiger charge is 2.04. The van der Waals surface area contributed by atoms with Gasteiger partial charge in [-0.3, -0.25) is 4.79 Å². The molecular weight excluding hydrogens is 194 g/mol. The number of nitrogens with zero attached hydrogens (tertiary/aromatic N) is 1. The van der Waals surface area contributed by atoms with Crippen LogP contribution >= 0.6 is 0 Å². The summed E-state index contributed by atoms with van der Waals surface area (Å²) in [6.07, 6.45) is 0. The van der Waals surface area contributed by atoms with Crippen molar-refractivity contribution in [2.75, 3.05) is 0 Å². The molecule has 0 amide bonds. The molecule has 5 heteroatoms. The molecule has 0 radical (unpaired) electrons. The number of rotatable bonds is 3. The molecule has 0 unspecified atom stereocenters. The first-order valence-electron chi connectivity index (χ1n) is 4.41. The van der Waals surface area contributed by atoms with Gasteiger partial charge in [0.1, 0.15) is 5.75 Å². The largest absolute Gasteiger partial charge is 0.426 e. The molecule has 15 heavy (non-hydrogen) atoms. The van der Waals surface area contributed by atoms with Crippen LogP contribution in [0, 0.1) is 0 Å². The van der Waals surface area contributed by atoms with Crippen molar-refractivity contribution in [1.29, 1.82) is 0 Å². The Bertz CT molecular complexity index is 384. The number of aliphatic imine (C=N–C) groups is 1. The third kappa shape index (κ3) is 3.68. The van der Waals surface area contributed by atoms with Crippen molar-refractivity contribution in [2.24, 2.45) is 16.5 Å². The Morgan fingerprint density at radius 3 is 2.67 bits per heavy atom. The van der Waals surface area contributed by atoms with Crippen LogP contribution in [0.15, 0.2) is 29.3 Å². The minimum absolute atomic E-state index is 0.00706. The molecule has 1 aromatic rings. The van der Waals surface area contributed by atoms with E-state index in [0.717, 1.165) is 5.56 Å². The van der Waals surface area contributed by atoms with Crippen molar-refractivity contribution in [2.45, 2.75) is 13.5 Å².